The van der Waals surface area contributed by atoms with Crippen molar-refractivity contribution in [3.63, 3.8) is 0 Å². The lowest BCUT2D eigenvalue weighted by Crippen LogP contribution is -2.53. The molecule has 1 fully saturated rings. The Morgan fingerprint density at radius 1 is 1.23 bits per heavy atom. The van der Waals surface area contributed by atoms with E-state index >= 15 is 0 Å². The molecule has 146 valence electrons. The second-order valence-corrected chi connectivity index (χ2v) is 7.11. The number of carbonyl (C=O) groups is 1. The van der Waals surface area contributed by atoms with Gasteiger partial charge in [0, 0.05) is 38.1 Å². The number of hydrogen-bond acceptors (Lipinski definition) is 6. The number of guanidine groups is 1. The fraction of sp³-hybridized carbons (Fsp3) is 0.765. The largest absolute Gasteiger partial charge is 0.450 e. The molecule has 0 saturated carbocycles. The molecule has 1 aromatic heterocycles. The molecule has 0 radical (unpaired) electrons. The second-order valence-electron chi connectivity index (χ2n) is 7.11. The quantitative estimate of drug-likeness (QED) is 0.639. The van der Waals surface area contributed by atoms with Crippen LogP contribution in [-0.2, 0) is 16.7 Å². The van der Waals surface area contributed by atoms with E-state index in [4.69, 9.17) is 9.26 Å². The van der Waals surface area contributed by atoms with Crippen LogP contribution in [0.3, 0.4) is 0 Å². The zero-order valence-corrected chi connectivity index (χ0v) is 16.4. The summed E-state index contributed by atoms with van der Waals surface area (Å²) in [5, 5.41) is 7.29. The summed E-state index contributed by atoms with van der Waals surface area (Å²) in [5.41, 5.74) is -0.178. The minimum absolute atomic E-state index is 0.178. The van der Waals surface area contributed by atoms with Crippen LogP contribution >= 0.6 is 0 Å². The van der Waals surface area contributed by atoms with Gasteiger partial charge in [-0.2, -0.15) is 4.98 Å². The van der Waals surface area contributed by atoms with Crippen LogP contribution < -0.4 is 5.32 Å². The normalized spacial score (nSPS) is 16.0. The fourth-order valence-corrected chi connectivity index (χ4v) is 2.51. The molecule has 1 N–H and O–H groups in total. The molecule has 26 heavy (non-hydrogen) atoms. The maximum Gasteiger partial charge on any atom is 0.409 e. The number of ether oxygens (including phenoxy) is 1. The van der Waals surface area contributed by atoms with E-state index in [1.165, 1.54) is 0 Å². The SMILES string of the molecule is CCNC(=NCc1noc(C(C)(C)C)n1)N1CCN(C(=O)OCC)CC1. The number of rotatable bonds is 4. The third kappa shape index (κ3) is 5.34. The van der Waals surface area contributed by atoms with Gasteiger partial charge in [-0.15, -0.1) is 0 Å². The number of hydrogen-bond donors (Lipinski definition) is 1. The molecular formula is C17H30N6O3. The standard InChI is InChI=1S/C17H30N6O3/c1-6-18-15(19-12-13-20-14(26-21-13)17(3,4)5)22-8-10-23(11-9-22)16(24)25-7-2/h6-12H2,1-5H3,(H,18,19). The third-order valence-corrected chi connectivity index (χ3v) is 3.92. The minimum atomic E-state index is -0.254. The topological polar surface area (TPSA) is 96.1 Å². The second kappa shape index (κ2) is 8.86. The molecule has 1 aromatic rings. The summed E-state index contributed by atoms with van der Waals surface area (Å²) >= 11 is 0. The number of amides is 1. The van der Waals surface area contributed by atoms with Crippen LogP contribution in [0.5, 0.6) is 0 Å². The smallest absolute Gasteiger partial charge is 0.409 e. The number of aromatic nitrogens is 2. The zero-order valence-electron chi connectivity index (χ0n) is 16.4. The van der Waals surface area contributed by atoms with Crippen molar-refractivity contribution >= 4 is 12.1 Å². The first-order valence-corrected chi connectivity index (χ1v) is 9.13. The fourth-order valence-electron chi connectivity index (χ4n) is 2.51. The van der Waals surface area contributed by atoms with E-state index in [0.717, 1.165) is 12.5 Å². The van der Waals surface area contributed by atoms with E-state index in [1.54, 1.807) is 4.90 Å². The number of nitrogens with one attached hydrogen (secondary N) is 1. The highest BCUT2D eigenvalue weighted by atomic mass is 16.6. The van der Waals surface area contributed by atoms with Gasteiger partial charge in [-0.3, -0.25) is 0 Å². The summed E-state index contributed by atoms with van der Waals surface area (Å²) in [6.45, 7) is 14.0. The number of nitrogens with zero attached hydrogens (tertiary/aromatic N) is 5. The summed E-state index contributed by atoms with van der Waals surface area (Å²) in [5.74, 6) is 1.96. The predicted octanol–water partition coefficient (Wildman–Crippen LogP) is 1.61. The Bertz CT molecular complexity index is 614. The first-order chi connectivity index (χ1) is 12.3. The maximum atomic E-state index is 11.8. The van der Waals surface area contributed by atoms with Crippen molar-refractivity contribution in [3.8, 4) is 0 Å². The highest BCUT2D eigenvalue weighted by molar-refractivity contribution is 5.80. The van der Waals surface area contributed by atoms with Crippen LogP contribution in [-0.4, -0.2) is 71.3 Å². The van der Waals surface area contributed by atoms with Gasteiger partial charge in [-0.05, 0) is 13.8 Å². The van der Waals surface area contributed by atoms with Gasteiger partial charge >= 0.3 is 6.09 Å². The Labute approximate surface area is 154 Å². The first-order valence-electron chi connectivity index (χ1n) is 9.13. The molecule has 9 nitrogen and oxygen atoms in total. The lowest BCUT2D eigenvalue weighted by atomic mass is 9.97. The molecule has 1 aliphatic rings. The number of aliphatic imine (C=N–C) groups is 1. The minimum Gasteiger partial charge on any atom is -0.450 e. The Morgan fingerprint density at radius 2 is 1.88 bits per heavy atom. The molecule has 0 aliphatic carbocycles. The molecule has 2 rings (SSSR count). The molecule has 1 amide bonds. The van der Waals surface area contributed by atoms with Crippen LogP contribution in [0.25, 0.3) is 0 Å². The van der Waals surface area contributed by atoms with Crippen molar-refractivity contribution in [1.82, 2.24) is 25.3 Å². The van der Waals surface area contributed by atoms with Crippen molar-refractivity contribution in [1.29, 1.82) is 0 Å². The molecule has 0 atom stereocenters. The highest BCUT2D eigenvalue weighted by Gasteiger charge is 2.24. The molecular weight excluding hydrogens is 336 g/mol. The molecule has 0 bridgehead atoms. The van der Waals surface area contributed by atoms with Gasteiger partial charge in [0.25, 0.3) is 0 Å². The predicted molar refractivity (Wildman–Crippen MR) is 98.0 cm³/mol. The lowest BCUT2D eigenvalue weighted by molar-refractivity contribution is 0.0914. The van der Waals surface area contributed by atoms with Gasteiger partial charge in [-0.1, -0.05) is 25.9 Å². The molecule has 1 aliphatic heterocycles. The summed E-state index contributed by atoms with van der Waals surface area (Å²) in [4.78, 5) is 24.7. The van der Waals surface area contributed by atoms with Crippen molar-refractivity contribution in [2.45, 2.75) is 46.6 Å². The Kier molecular flexibility index (Phi) is 6.82. The van der Waals surface area contributed by atoms with Crippen molar-refractivity contribution < 1.29 is 14.1 Å². The maximum absolute atomic E-state index is 11.8. The molecule has 0 unspecified atom stereocenters. The molecule has 1 saturated heterocycles. The van der Waals surface area contributed by atoms with Crippen LogP contribution in [0.1, 0.15) is 46.3 Å². The highest BCUT2D eigenvalue weighted by Crippen LogP contribution is 2.19. The van der Waals surface area contributed by atoms with Gasteiger partial charge in [0.2, 0.25) is 5.89 Å². The monoisotopic (exact) mass is 366 g/mol. The molecule has 0 spiro atoms. The first kappa shape index (κ1) is 20.0. The van der Waals surface area contributed by atoms with Crippen molar-refractivity contribution in [3.05, 3.63) is 11.7 Å². The van der Waals surface area contributed by atoms with E-state index in [9.17, 15) is 4.79 Å². The Morgan fingerprint density at radius 3 is 2.42 bits per heavy atom. The third-order valence-electron chi connectivity index (χ3n) is 3.92. The van der Waals surface area contributed by atoms with Crippen molar-refractivity contribution in [2.75, 3.05) is 39.3 Å². The van der Waals surface area contributed by atoms with E-state index < -0.39 is 0 Å². The van der Waals surface area contributed by atoms with Gasteiger partial charge in [0.15, 0.2) is 11.8 Å². The molecule has 9 heteroatoms. The van der Waals surface area contributed by atoms with Gasteiger partial charge in [0.05, 0.1) is 6.61 Å². The van der Waals surface area contributed by atoms with Crippen LogP contribution in [0.2, 0.25) is 0 Å². The van der Waals surface area contributed by atoms with Gasteiger partial charge in [-0.25, -0.2) is 9.79 Å². The summed E-state index contributed by atoms with van der Waals surface area (Å²) in [6, 6.07) is 0. The van der Waals surface area contributed by atoms with Gasteiger partial charge < -0.3 is 24.4 Å². The lowest BCUT2D eigenvalue weighted by Gasteiger charge is -2.35. The van der Waals surface area contributed by atoms with Crippen LogP contribution in [0, 0.1) is 0 Å². The summed E-state index contributed by atoms with van der Waals surface area (Å²) in [7, 11) is 0. The number of carbonyl (C=O) groups excluding carboxylic acids is 1. The van der Waals surface area contributed by atoms with E-state index in [0.29, 0.717) is 51.0 Å². The van der Waals surface area contributed by atoms with E-state index in [2.05, 4.69) is 25.3 Å². The van der Waals surface area contributed by atoms with Crippen LogP contribution in [0.4, 0.5) is 4.79 Å². The number of piperazine rings is 1. The van der Waals surface area contributed by atoms with E-state index in [1.807, 2.05) is 34.6 Å². The molecule has 0 aromatic carbocycles. The van der Waals surface area contributed by atoms with Crippen LogP contribution in [0.15, 0.2) is 9.52 Å². The molecule has 2 heterocycles. The van der Waals surface area contributed by atoms with Crippen molar-refractivity contribution in [2.24, 2.45) is 4.99 Å². The average Bonchev–Trinajstić information content (AvgIpc) is 3.08. The van der Waals surface area contributed by atoms with E-state index in [-0.39, 0.29) is 11.5 Å². The zero-order chi connectivity index (χ0) is 19.2. The average molecular weight is 366 g/mol. The Balaban J connectivity index is 1.97. The Hall–Kier alpha value is -2.32. The summed E-state index contributed by atoms with van der Waals surface area (Å²) < 4.78 is 10.4. The van der Waals surface area contributed by atoms with Gasteiger partial charge in [0.1, 0.15) is 6.54 Å². The summed E-state index contributed by atoms with van der Waals surface area (Å²) in [6.07, 6.45) is -0.254.